The molecule has 9 heteroatoms. The topological polar surface area (TPSA) is 163 Å². The van der Waals surface area contributed by atoms with E-state index < -0.39 is 23.9 Å². The van der Waals surface area contributed by atoms with Crippen molar-refractivity contribution in [2.45, 2.75) is 12.5 Å². The fourth-order valence-corrected chi connectivity index (χ4v) is 1.96. The number of hydrogen-bond donors (Lipinski definition) is 3. The smallest absolute Gasteiger partial charge is 0.422 e. The number of nitrogens with zero attached hydrogens (tertiary/aromatic N) is 1. The molecule has 1 heterocycles. The van der Waals surface area contributed by atoms with Crippen molar-refractivity contribution in [1.82, 2.24) is 4.57 Å². The summed E-state index contributed by atoms with van der Waals surface area (Å²) >= 11 is 0. The Morgan fingerprint density at radius 2 is 1.79 bits per heavy atom. The number of benzene rings is 1. The summed E-state index contributed by atoms with van der Waals surface area (Å²) < 4.78 is 6.44. The van der Waals surface area contributed by atoms with Gasteiger partial charge in [-0.15, -0.1) is 0 Å². The molecular formula is C15H16N2O7. The molecule has 0 unspecified atom stereocenters. The summed E-state index contributed by atoms with van der Waals surface area (Å²) in [6.07, 6.45) is 3.43. The Labute approximate surface area is 136 Å². The summed E-state index contributed by atoms with van der Waals surface area (Å²) in [5, 5.41) is 17.5. The Kier molecular flexibility index (Phi) is 6.22. The predicted molar refractivity (Wildman–Crippen MR) is 82.0 cm³/mol. The highest BCUT2D eigenvalue weighted by Crippen LogP contribution is 2.25. The van der Waals surface area contributed by atoms with Crippen LogP contribution in [0.5, 0.6) is 5.75 Å². The van der Waals surface area contributed by atoms with E-state index >= 15 is 0 Å². The maximum Gasteiger partial charge on any atom is 0.422 e. The average molecular weight is 336 g/mol. The predicted octanol–water partition coefficient (Wildman–Crippen LogP) is -0.403. The van der Waals surface area contributed by atoms with E-state index in [2.05, 4.69) is 0 Å². The summed E-state index contributed by atoms with van der Waals surface area (Å²) in [7, 11) is 0. The highest BCUT2D eigenvalue weighted by molar-refractivity contribution is 6.29. The van der Waals surface area contributed by atoms with Crippen LogP contribution >= 0.6 is 0 Å². The van der Waals surface area contributed by atoms with Gasteiger partial charge in [0.2, 0.25) is 0 Å². The van der Waals surface area contributed by atoms with Gasteiger partial charge in [-0.2, -0.15) is 0 Å². The molecule has 0 aliphatic heterocycles. The molecule has 0 spiro atoms. The molecule has 2 aromatic rings. The zero-order valence-electron chi connectivity index (χ0n) is 12.4. The molecule has 0 amide bonds. The molecule has 1 aromatic carbocycles. The molecule has 0 fully saturated rings. The minimum atomic E-state index is -1.71. The van der Waals surface area contributed by atoms with Gasteiger partial charge in [-0.25, -0.2) is 9.59 Å². The van der Waals surface area contributed by atoms with Gasteiger partial charge in [0.1, 0.15) is 6.04 Å². The number of carboxylic acids is 2. The summed E-state index contributed by atoms with van der Waals surface area (Å²) in [6.45, 7) is 0. The fourth-order valence-electron chi connectivity index (χ4n) is 1.96. The molecule has 0 radical (unpaired) electrons. The Bertz CT molecular complexity index is 740. The first-order valence-corrected chi connectivity index (χ1v) is 6.58. The number of aliphatic carboxylic acids is 2. The molecule has 0 aliphatic rings. The minimum Gasteiger partial charge on any atom is -0.480 e. The van der Waals surface area contributed by atoms with Crippen LogP contribution in [0.3, 0.4) is 0 Å². The first-order chi connectivity index (χ1) is 10.9. The van der Waals surface area contributed by atoms with Crippen LogP contribution < -0.4 is 10.5 Å². The van der Waals surface area contributed by atoms with Gasteiger partial charge in [0.05, 0.1) is 5.69 Å². The molecule has 1 atom stereocenters. The van der Waals surface area contributed by atoms with Gasteiger partial charge < -0.3 is 30.7 Å². The van der Waals surface area contributed by atoms with Crippen molar-refractivity contribution in [1.29, 1.82) is 0 Å². The van der Waals surface area contributed by atoms with Crippen LogP contribution in [0.4, 0.5) is 0 Å². The van der Waals surface area contributed by atoms with Gasteiger partial charge in [-0.1, -0.05) is 6.07 Å². The maximum atomic E-state index is 11.3. The number of carbonyl (C=O) groups is 3. The van der Waals surface area contributed by atoms with E-state index in [4.69, 9.17) is 20.7 Å². The summed E-state index contributed by atoms with van der Waals surface area (Å²) in [5.41, 5.74) is 6.52. The molecular weight excluding hydrogens is 320 g/mol. The molecule has 24 heavy (non-hydrogen) atoms. The lowest BCUT2D eigenvalue weighted by atomic mass is 10.1. The van der Waals surface area contributed by atoms with E-state index in [1.54, 1.807) is 35.2 Å². The normalized spacial score (nSPS) is 11.2. The third kappa shape index (κ3) is 4.41. The summed E-state index contributed by atoms with van der Waals surface area (Å²) in [6, 6.07) is 6.92. The second-order valence-corrected chi connectivity index (χ2v) is 4.74. The van der Waals surface area contributed by atoms with Gasteiger partial charge in [0.15, 0.2) is 5.75 Å². The highest BCUT2D eigenvalue weighted by Gasteiger charge is 2.19. The third-order valence-corrected chi connectivity index (χ3v) is 3.06. The Balaban J connectivity index is 0.00000288. The van der Waals surface area contributed by atoms with E-state index in [1.807, 2.05) is 0 Å². The second-order valence-electron chi connectivity index (χ2n) is 4.74. The number of carboxylic acid groups (broad SMARTS) is 2. The first-order valence-electron chi connectivity index (χ1n) is 6.58. The summed E-state index contributed by atoms with van der Waals surface area (Å²) in [5.74, 6) is -4.20. The minimum absolute atomic E-state index is 0. The molecule has 9 nitrogen and oxygen atoms in total. The van der Waals surface area contributed by atoms with Crippen LogP contribution in [-0.4, -0.2) is 44.2 Å². The van der Waals surface area contributed by atoms with Crippen LogP contribution in [0, 0.1) is 0 Å². The van der Waals surface area contributed by atoms with Crippen LogP contribution in [0.15, 0.2) is 42.7 Å². The van der Waals surface area contributed by atoms with E-state index in [9.17, 15) is 14.4 Å². The highest BCUT2D eigenvalue weighted by atomic mass is 16.6. The van der Waals surface area contributed by atoms with Gasteiger partial charge >= 0.3 is 17.9 Å². The lowest BCUT2D eigenvalue weighted by Crippen LogP contribution is -2.32. The van der Waals surface area contributed by atoms with Crippen molar-refractivity contribution in [3.63, 3.8) is 0 Å². The van der Waals surface area contributed by atoms with E-state index in [-0.39, 0.29) is 17.6 Å². The van der Waals surface area contributed by atoms with E-state index in [0.717, 1.165) is 0 Å². The molecule has 6 N–H and O–H groups in total. The van der Waals surface area contributed by atoms with Crippen molar-refractivity contribution >= 4 is 17.9 Å². The molecule has 1 aromatic heterocycles. The van der Waals surface area contributed by atoms with Crippen molar-refractivity contribution in [2.75, 3.05) is 0 Å². The lowest BCUT2D eigenvalue weighted by molar-refractivity contribution is -0.158. The zero-order valence-corrected chi connectivity index (χ0v) is 12.4. The number of carbonyl (C=O) groups excluding carboxylic acids is 1. The van der Waals surface area contributed by atoms with Crippen molar-refractivity contribution in [3.05, 3.63) is 48.3 Å². The number of ether oxygens (including phenoxy) is 1. The monoisotopic (exact) mass is 336 g/mol. The number of aromatic nitrogens is 1. The van der Waals surface area contributed by atoms with Gasteiger partial charge in [-0.05, 0) is 36.2 Å². The average Bonchev–Trinajstić information content (AvgIpc) is 3.02. The zero-order chi connectivity index (χ0) is 17.0. The van der Waals surface area contributed by atoms with Crippen LogP contribution in [0.25, 0.3) is 5.69 Å². The Morgan fingerprint density at radius 3 is 2.33 bits per heavy atom. The largest absolute Gasteiger partial charge is 0.480 e. The molecule has 2 rings (SSSR count). The Morgan fingerprint density at radius 1 is 1.17 bits per heavy atom. The number of rotatable bonds is 5. The molecule has 0 saturated heterocycles. The SMILES string of the molecule is N[C@@H](Cc1ccc(OC(=O)C(=O)O)c(-n2cccc2)c1)C(=O)O.O. The number of nitrogens with two attached hydrogens (primary N) is 1. The molecule has 0 saturated carbocycles. The van der Waals surface area contributed by atoms with Crippen LogP contribution in [-0.2, 0) is 20.8 Å². The fraction of sp³-hybridized carbons (Fsp3) is 0.133. The van der Waals surface area contributed by atoms with Crippen LogP contribution in [0.1, 0.15) is 5.56 Å². The van der Waals surface area contributed by atoms with E-state index in [1.165, 1.54) is 12.1 Å². The number of esters is 1. The van der Waals surface area contributed by atoms with Crippen molar-refractivity contribution in [3.8, 4) is 11.4 Å². The molecule has 0 aliphatic carbocycles. The van der Waals surface area contributed by atoms with Gasteiger partial charge in [0.25, 0.3) is 0 Å². The van der Waals surface area contributed by atoms with Gasteiger partial charge in [0, 0.05) is 12.4 Å². The second kappa shape index (κ2) is 7.90. The van der Waals surface area contributed by atoms with Crippen molar-refractivity contribution in [2.24, 2.45) is 5.73 Å². The standard InChI is InChI=1S/C15H14N2O6.H2O/c16-10(13(18)19)7-9-3-4-12(23-15(22)14(20)21)11(8-9)17-5-1-2-6-17;/h1-6,8,10H,7,16H2,(H,18,19)(H,20,21);1H2/t10-;/m0./s1. The summed E-state index contributed by atoms with van der Waals surface area (Å²) in [4.78, 5) is 32.7. The number of hydrogen-bond acceptors (Lipinski definition) is 5. The van der Waals surface area contributed by atoms with E-state index in [0.29, 0.717) is 11.3 Å². The first kappa shape index (κ1) is 18.9. The quantitative estimate of drug-likeness (QED) is 0.379. The lowest BCUT2D eigenvalue weighted by Gasteiger charge is -2.13. The van der Waals surface area contributed by atoms with Crippen molar-refractivity contribution < 1.29 is 34.8 Å². The third-order valence-electron chi connectivity index (χ3n) is 3.06. The molecule has 128 valence electrons. The molecule has 0 bridgehead atoms. The van der Waals surface area contributed by atoms with Crippen LogP contribution in [0.2, 0.25) is 0 Å². The maximum absolute atomic E-state index is 11.3. The van der Waals surface area contributed by atoms with Gasteiger partial charge in [-0.3, -0.25) is 4.79 Å². The Hall–Kier alpha value is -3.17.